The van der Waals surface area contributed by atoms with Crippen molar-refractivity contribution in [3.8, 4) is 5.75 Å². The Hall–Kier alpha value is -1.89. The number of likely N-dealkylation sites (tertiary alicyclic amines) is 1. The monoisotopic (exact) mass is 314 g/mol. The van der Waals surface area contributed by atoms with Crippen LogP contribution in [-0.4, -0.2) is 47.9 Å². The van der Waals surface area contributed by atoms with Crippen molar-refractivity contribution in [1.82, 2.24) is 10.2 Å². The van der Waals surface area contributed by atoms with Gasteiger partial charge in [-0.15, -0.1) is 0 Å². The maximum absolute atomic E-state index is 13.4. The number of aliphatic hydroxyl groups excluding tert-OH is 1. The lowest BCUT2D eigenvalue weighted by atomic mass is 10.2. The molecular weight excluding hydrogens is 294 g/mol. The minimum absolute atomic E-state index is 0.0565. The summed E-state index contributed by atoms with van der Waals surface area (Å²) in [5, 5.41) is 11.9. The smallest absolute Gasteiger partial charge is 0.318 e. The van der Waals surface area contributed by atoms with E-state index in [1.807, 2.05) is 0 Å². The van der Waals surface area contributed by atoms with Crippen LogP contribution in [-0.2, 0) is 0 Å². The lowest BCUT2D eigenvalue weighted by Crippen LogP contribution is -2.48. The van der Waals surface area contributed by atoms with Crippen molar-refractivity contribution in [1.29, 1.82) is 0 Å². The molecule has 0 aromatic heterocycles. The number of urea groups is 1. The highest BCUT2D eigenvalue weighted by molar-refractivity contribution is 5.75. The summed E-state index contributed by atoms with van der Waals surface area (Å²) < 4.78 is 31.4. The van der Waals surface area contributed by atoms with Gasteiger partial charge in [0.25, 0.3) is 0 Å². The lowest BCUT2D eigenvalue weighted by molar-refractivity contribution is 0.151. The topological polar surface area (TPSA) is 61.8 Å². The highest BCUT2D eigenvalue weighted by atomic mass is 19.1. The van der Waals surface area contributed by atoms with E-state index in [9.17, 15) is 18.7 Å². The van der Waals surface area contributed by atoms with Crippen LogP contribution in [0, 0.1) is 11.6 Å². The van der Waals surface area contributed by atoms with E-state index in [0.29, 0.717) is 6.54 Å². The van der Waals surface area contributed by atoms with Crippen LogP contribution in [0.5, 0.6) is 5.75 Å². The Morgan fingerprint density at radius 1 is 1.55 bits per heavy atom. The Morgan fingerprint density at radius 2 is 2.32 bits per heavy atom. The van der Waals surface area contributed by atoms with E-state index in [-0.39, 0.29) is 37.1 Å². The Labute approximate surface area is 127 Å². The van der Waals surface area contributed by atoms with Crippen molar-refractivity contribution >= 4 is 6.03 Å². The zero-order chi connectivity index (χ0) is 16.1. The largest absolute Gasteiger partial charge is 0.488 e. The first-order valence-electron chi connectivity index (χ1n) is 7.27. The summed E-state index contributed by atoms with van der Waals surface area (Å²) in [6.45, 7) is 2.34. The van der Waals surface area contributed by atoms with Gasteiger partial charge in [-0.2, -0.15) is 0 Å². The van der Waals surface area contributed by atoms with E-state index < -0.39 is 11.6 Å². The van der Waals surface area contributed by atoms with E-state index in [1.54, 1.807) is 11.8 Å². The number of amides is 2. The average molecular weight is 314 g/mol. The number of halogens is 2. The van der Waals surface area contributed by atoms with Crippen LogP contribution in [0.25, 0.3) is 0 Å². The van der Waals surface area contributed by atoms with Gasteiger partial charge in [0.15, 0.2) is 11.6 Å². The second-order valence-electron chi connectivity index (χ2n) is 5.41. The molecule has 0 radical (unpaired) electrons. The number of hydrogen-bond donors (Lipinski definition) is 2. The minimum atomic E-state index is -0.779. The molecule has 1 aliphatic heterocycles. The van der Waals surface area contributed by atoms with Crippen LogP contribution in [0.1, 0.15) is 19.8 Å². The molecule has 1 fully saturated rings. The van der Waals surface area contributed by atoms with Gasteiger partial charge in [0.2, 0.25) is 0 Å². The van der Waals surface area contributed by atoms with Crippen molar-refractivity contribution in [2.75, 3.05) is 19.8 Å². The molecule has 2 unspecified atom stereocenters. The first kappa shape index (κ1) is 16.5. The van der Waals surface area contributed by atoms with Gasteiger partial charge in [0, 0.05) is 12.6 Å². The third kappa shape index (κ3) is 4.07. The lowest BCUT2D eigenvalue weighted by Gasteiger charge is -2.25. The molecule has 0 bridgehead atoms. The molecule has 1 saturated heterocycles. The number of carbonyl (C=O) groups is 1. The predicted octanol–water partition coefficient (Wildman–Crippen LogP) is 1.90. The highest BCUT2D eigenvalue weighted by Gasteiger charge is 2.28. The number of carbonyl (C=O) groups excluding carboxylic acids is 1. The fraction of sp³-hybridized carbons (Fsp3) is 0.533. The standard InChI is InChI=1S/C15H20F2N2O3/c1-10(9-22-14-5-4-11(16)7-13(14)17)18-15(21)19-6-2-3-12(19)8-20/h4-5,7,10,12,20H,2-3,6,8-9H2,1H3,(H,18,21). The van der Waals surface area contributed by atoms with Crippen LogP contribution in [0.2, 0.25) is 0 Å². The summed E-state index contributed by atoms with van der Waals surface area (Å²) in [4.78, 5) is 13.7. The summed E-state index contributed by atoms with van der Waals surface area (Å²) in [6.07, 6.45) is 1.65. The van der Waals surface area contributed by atoms with Crippen molar-refractivity contribution < 1.29 is 23.4 Å². The van der Waals surface area contributed by atoms with Gasteiger partial charge in [0.05, 0.1) is 18.7 Å². The molecule has 0 saturated carbocycles. The molecule has 122 valence electrons. The maximum Gasteiger partial charge on any atom is 0.318 e. The first-order chi connectivity index (χ1) is 10.5. The quantitative estimate of drug-likeness (QED) is 0.872. The molecule has 2 rings (SSSR count). The zero-order valence-electron chi connectivity index (χ0n) is 12.4. The molecule has 22 heavy (non-hydrogen) atoms. The van der Waals surface area contributed by atoms with Crippen molar-refractivity contribution in [2.24, 2.45) is 0 Å². The van der Waals surface area contributed by atoms with Gasteiger partial charge < -0.3 is 20.1 Å². The summed E-state index contributed by atoms with van der Waals surface area (Å²) in [7, 11) is 0. The average Bonchev–Trinajstić information content (AvgIpc) is 2.94. The normalized spacial score (nSPS) is 19.1. The number of rotatable bonds is 5. The Kier molecular flexibility index (Phi) is 5.54. The zero-order valence-corrected chi connectivity index (χ0v) is 12.4. The number of benzene rings is 1. The summed E-state index contributed by atoms with van der Waals surface area (Å²) in [5.74, 6) is -1.51. The van der Waals surface area contributed by atoms with Gasteiger partial charge in [-0.05, 0) is 31.9 Å². The number of nitrogens with zero attached hydrogens (tertiary/aromatic N) is 1. The Bertz CT molecular complexity index is 528. The van der Waals surface area contributed by atoms with E-state index in [2.05, 4.69) is 5.32 Å². The molecule has 2 amide bonds. The molecule has 0 spiro atoms. The second-order valence-corrected chi connectivity index (χ2v) is 5.41. The summed E-state index contributed by atoms with van der Waals surface area (Å²) >= 11 is 0. The number of ether oxygens (including phenoxy) is 1. The highest BCUT2D eigenvalue weighted by Crippen LogP contribution is 2.18. The fourth-order valence-corrected chi connectivity index (χ4v) is 2.44. The molecule has 7 heteroatoms. The maximum atomic E-state index is 13.4. The molecule has 2 atom stereocenters. The first-order valence-corrected chi connectivity index (χ1v) is 7.27. The van der Waals surface area contributed by atoms with Crippen molar-refractivity contribution in [3.05, 3.63) is 29.8 Å². The van der Waals surface area contributed by atoms with E-state index >= 15 is 0 Å². The van der Waals surface area contributed by atoms with Crippen LogP contribution < -0.4 is 10.1 Å². The van der Waals surface area contributed by atoms with E-state index in [0.717, 1.165) is 25.0 Å². The predicted molar refractivity (Wildman–Crippen MR) is 76.7 cm³/mol. The number of hydrogen-bond acceptors (Lipinski definition) is 3. The second kappa shape index (κ2) is 7.40. The molecule has 0 aliphatic carbocycles. The molecule has 2 N–H and O–H groups in total. The molecule has 1 aliphatic rings. The number of aliphatic hydroxyl groups is 1. The molecule has 1 aromatic carbocycles. The Morgan fingerprint density at radius 3 is 3.00 bits per heavy atom. The van der Waals surface area contributed by atoms with Crippen molar-refractivity contribution in [3.63, 3.8) is 0 Å². The van der Waals surface area contributed by atoms with E-state index in [1.165, 1.54) is 6.07 Å². The van der Waals surface area contributed by atoms with Gasteiger partial charge in [-0.25, -0.2) is 13.6 Å². The van der Waals surface area contributed by atoms with Gasteiger partial charge in [-0.1, -0.05) is 0 Å². The van der Waals surface area contributed by atoms with Crippen LogP contribution in [0.3, 0.4) is 0 Å². The van der Waals surface area contributed by atoms with Crippen molar-refractivity contribution in [2.45, 2.75) is 31.8 Å². The summed E-state index contributed by atoms with van der Waals surface area (Å²) in [5.41, 5.74) is 0. The molecule has 1 aromatic rings. The Balaban J connectivity index is 1.82. The number of nitrogens with one attached hydrogen (secondary N) is 1. The van der Waals surface area contributed by atoms with Crippen LogP contribution in [0.4, 0.5) is 13.6 Å². The van der Waals surface area contributed by atoms with Gasteiger partial charge in [0.1, 0.15) is 12.4 Å². The van der Waals surface area contributed by atoms with E-state index in [4.69, 9.17) is 4.74 Å². The molecule has 1 heterocycles. The molecule has 5 nitrogen and oxygen atoms in total. The van der Waals surface area contributed by atoms with Gasteiger partial charge in [-0.3, -0.25) is 0 Å². The minimum Gasteiger partial charge on any atom is -0.488 e. The fourth-order valence-electron chi connectivity index (χ4n) is 2.44. The SMILES string of the molecule is CC(COc1ccc(F)cc1F)NC(=O)N1CCCC1CO. The molecular formula is C15H20F2N2O3. The summed E-state index contributed by atoms with van der Waals surface area (Å²) in [6, 6.07) is 2.29. The van der Waals surface area contributed by atoms with Gasteiger partial charge >= 0.3 is 6.03 Å². The van der Waals surface area contributed by atoms with Crippen LogP contribution in [0.15, 0.2) is 18.2 Å². The third-order valence-electron chi connectivity index (χ3n) is 3.60. The third-order valence-corrected chi connectivity index (χ3v) is 3.60. The van der Waals surface area contributed by atoms with Crippen LogP contribution >= 0.6 is 0 Å².